The number of rotatable bonds is 5. The molecule has 3 aromatic rings. The van der Waals surface area contributed by atoms with Crippen molar-refractivity contribution in [1.29, 1.82) is 0 Å². The third-order valence-electron chi connectivity index (χ3n) is 4.15. The zero-order valence-corrected chi connectivity index (χ0v) is 16.4. The van der Waals surface area contributed by atoms with Crippen LogP contribution in [0.3, 0.4) is 0 Å². The number of carbonyl (C=O) groups is 2. The van der Waals surface area contributed by atoms with Gasteiger partial charge in [0.1, 0.15) is 0 Å². The lowest BCUT2D eigenvalue weighted by Gasteiger charge is -2.10. The number of aryl methyl sites for hydroxylation is 1. The predicted molar refractivity (Wildman–Crippen MR) is 112 cm³/mol. The third kappa shape index (κ3) is 4.63. The summed E-state index contributed by atoms with van der Waals surface area (Å²) in [5.41, 5.74) is 4.42. The summed E-state index contributed by atoms with van der Waals surface area (Å²) < 4.78 is 0. The molecule has 2 aromatic carbocycles. The number of anilines is 2. The second-order valence-corrected chi connectivity index (χ2v) is 7.62. The zero-order chi connectivity index (χ0) is 19.4. The van der Waals surface area contributed by atoms with Gasteiger partial charge in [0.15, 0.2) is 0 Å². The standard InChI is InChI=1S/C22H22N2O2S/c1-14(2)21(25)23-17-5-4-6-18(13-17)24-22(26)20-19(11-12-27-20)16-9-7-15(3)8-10-16/h4-14H,1-3H3,(H,23,25)(H,24,26). The van der Waals surface area contributed by atoms with Gasteiger partial charge in [-0.05, 0) is 42.1 Å². The molecule has 0 aliphatic rings. The van der Waals surface area contributed by atoms with Crippen molar-refractivity contribution < 1.29 is 9.59 Å². The summed E-state index contributed by atoms with van der Waals surface area (Å²) in [4.78, 5) is 25.3. The van der Waals surface area contributed by atoms with Crippen LogP contribution in [0, 0.1) is 12.8 Å². The highest BCUT2D eigenvalue weighted by Gasteiger charge is 2.15. The molecule has 2 N–H and O–H groups in total. The summed E-state index contributed by atoms with van der Waals surface area (Å²) in [5.74, 6) is -0.322. The predicted octanol–water partition coefficient (Wildman–Crippen LogP) is 5.57. The first-order valence-electron chi connectivity index (χ1n) is 8.81. The molecule has 138 valence electrons. The lowest BCUT2D eigenvalue weighted by molar-refractivity contribution is -0.118. The molecular weight excluding hydrogens is 356 g/mol. The summed E-state index contributed by atoms with van der Waals surface area (Å²) in [6, 6.07) is 17.3. The fourth-order valence-corrected chi connectivity index (χ4v) is 3.41. The normalized spacial score (nSPS) is 10.7. The van der Waals surface area contributed by atoms with Gasteiger partial charge in [-0.3, -0.25) is 9.59 Å². The molecule has 4 nitrogen and oxygen atoms in total. The Morgan fingerprint density at radius 1 is 0.926 bits per heavy atom. The van der Waals surface area contributed by atoms with Gasteiger partial charge in [-0.25, -0.2) is 0 Å². The molecule has 2 amide bonds. The van der Waals surface area contributed by atoms with E-state index >= 15 is 0 Å². The molecule has 0 aliphatic carbocycles. The molecule has 0 unspecified atom stereocenters. The summed E-state index contributed by atoms with van der Waals surface area (Å²) in [7, 11) is 0. The molecule has 1 heterocycles. The van der Waals surface area contributed by atoms with E-state index in [9.17, 15) is 9.59 Å². The molecule has 0 radical (unpaired) electrons. The van der Waals surface area contributed by atoms with Crippen molar-refractivity contribution in [3.63, 3.8) is 0 Å². The Labute approximate surface area is 163 Å². The first-order valence-corrected chi connectivity index (χ1v) is 9.69. The van der Waals surface area contributed by atoms with Crippen LogP contribution >= 0.6 is 11.3 Å². The Balaban J connectivity index is 1.78. The second kappa shape index (κ2) is 8.18. The average Bonchev–Trinajstić information content (AvgIpc) is 3.12. The lowest BCUT2D eigenvalue weighted by Crippen LogP contribution is -2.18. The van der Waals surface area contributed by atoms with Gasteiger partial charge in [0.25, 0.3) is 5.91 Å². The molecule has 0 bridgehead atoms. The summed E-state index contributed by atoms with van der Waals surface area (Å²) in [5, 5.41) is 7.69. The van der Waals surface area contributed by atoms with Crippen molar-refractivity contribution in [2.24, 2.45) is 5.92 Å². The van der Waals surface area contributed by atoms with E-state index in [2.05, 4.69) is 10.6 Å². The Morgan fingerprint density at radius 3 is 2.26 bits per heavy atom. The monoisotopic (exact) mass is 378 g/mol. The number of hydrogen-bond acceptors (Lipinski definition) is 3. The van der Waals surface area contributed by atoms with Gasteiger partial charge in [0, 0.05) is 22.9 Å². The van der Waals surface area contributed by atoms with Gasteiger partial charge >= 0.3 is 0 Å². The van der Waals surface area contributed by atoms with Crippen LogP contribution < -0.4 is 10.6 Å². The maximum absolute atomic E-state index is 12.8. The van der Waals surface area contributed by atoms with Crippen molar-refractivity contribution in [3.8, 4) is 11.1 Å². The van der Waals surface area contributed by atoms with Crippen LogP contribution in [-0.2, 0) is 4.79 Å². The van der Waals surface area contributed by atoms with Crippen molar-refractivity contribution in [2.75, 3.05) is 10.6 Å². The molecule has 0 saturated carbocycles. The van der Waals surface area contributed by atoms with Gasteiger partial charge in [0.05, 0.1) is 4.88 Å². The molecule has 0 fully saturated rings. The molecule has 0 spiro atoms. The van der Waals surface area contributed by atoms with E-state index in [1.165, 1.54) is 16.9 Å². The number of nitrogens with one attached hydrogen (secondary N) is 2. The van der Waals surface area contributed by atoms with E-state index in [4.69, 9.17) is 0 Å². The van der Waals surface area contributed by atoms with E-state index in [0.717, 1.165) is 11.1 Å². The fourth-order valence-electron chi connectivity index (χ4n) is 2.59. The van der Waals surface area contributed by atoms with E-state index in [1.54, 1.807) is 18.2 Å². The third-order valence-corrected chi connectivity index (χ3v) is 5.06. The van der Waals surface area contributed by atoms with E-state index in [1.807, 2.05) is 62.5 Å². The molecule has 0 saturated heterocycles. The Hall–Kier alpha value is -2.92. The van der Waals surface area contributed by atoms with E-state index < -0.39 is 0 Å². The largest absolute Gasteiger partial charge is 0.326 e. The van der Waals surface area contributed by atoms with Gasteiger partial charge in [-0.15, -0.1) is 11.3 Å². The quantitative estimate of drug-likeness (QED) is 0.610. The highest BCUT2D eigenvalue weighted by molar-refractivity contribution is 7.12. The van der Waals surface area contributed by atoms with Crippen LogP contribution in [0.15, 0.2) is 60.0 Å². The van der Waals surface area contributed by atoms with E-state index in [-0.39, 0.29) is 17.7 Å². The van der Waals surface area contributed by atoms with Crippen LogP contribution in [0.25, 0.3) is 11.1 Å². The van der Waals surface area contributed by atoms with Crippen LogP contribution in [-0.4, -0.2) is 11.8 Å². The minimum absolute atomic E-state index is 0.0570. The van der Waals surface area contributed by atoms with E-state index in [0.29, 0.717) is 16.3 Å². The minimum atomic E-state index is -0.159. The zero-order valence-electron chi connectivity index (χ0n) is 15.6. The van der Waals surface area contributed by atoms with Crippen molar-refractivity contribution in [2.45, 2.75) is 20.8 Å². The van der Waals surface area contributed by atoms with Crippen LogP contribution in [0.1, 0.15) is 29.1 Å². The number of hydrogen-bond donors (Lipinski definition) is 2. The van der Waals surface area contributed by atoms with Crippen LogP contribution in [0.4, 0.5) is 11.4 Å². The molecular formula is C22H22N2O2S. The van der Waals surface area contributed by atoms with Crippen molar-refractivity contribution in [3.05, 3.63) is 70.4 Å². The van der Waals surface area contributed by atoms with Crippen LogP contribution in [0.2, 0.25) is 0 Å². The van der Waals surface area contributed by atoms with Gasteiger partial charge < -0.3 is 10.6 Å². The SMILES string of the molecule is Cc1ccc(-c2ccsc2C(=O)Nc2cccc(NC(=O)C(C)C)c2)cc1. The molecule has 27 heavy (non-hydrogen) atoms. The molecule has 1 aromatic heterocycles. The maximum atomic E-state index is 12.8. The maximum Gasteiger partial charge on any atom is 0.266 e. The summed E-state index contributed by atoms with van der Waals surface area (Å²) >= 11 is 1.41. The first kappa shape index (κ1) is 18.9. The molecule has 0 aliphatic heterocycles. The van der Waals surface area contributed by atoms with Gasteiger partial charge in [-0.1, -0.05) is 49.7 Å². The first-order chi connectivity index (χ1) is 12.9. The second-order valence-electron chi connectivity index (χ2n) is 6.71. The lowest BCUT2D eigenvalue weighted by atomic mass is 10.0. The van der Waals surface area contributed by atoms with Crippen LogP contribution in [0.5, 0.6) is 0 Å². The smallest absolute Gasteiger partial charge is 0.266 e. The highest BCUT2D eigenvalue weighted by Crippen LogP contribution is 2.29. The number of carbonyl (C=O) groups excluding carboxylic acids is 2. The minimum Gasteiger partial charge on any atom is -0.326 e. The molecule has 0 atom stereocenters. The summed E-state index contributed by atoms with van der Waals surface area (Å²) in [6.45, 7) is 5.71. The van der Waals surface area contributed by atoms with Crippen molar-refractivity contribution in [1.82, 2.24) is 0 Å². The number of benzene rings is 2. The Kier molecular flexibility index (Phi) is 5.72. The molecule has 3 rings (SSSR count). The number of thiophene rings is 1. The highest BCUT2D eigenvalue weighted by atomic mass is 32.1. The Bertz CT molecular complexity index is 958. The number of amides is 2. The van der Waals surface area contributed by atoms with Crippen molar-refractivity contribution >= 4 is 34.5 Å². The van der Waals surface area contributed by atoms with Gasteiger partial charge in [0.2, 0.25) is 5.91 Å². The molecule has 5 heteroatoms. The Morgan fingerprint density at radius 2 is 1.59 bits per heavy atom. The average molecular weight is 378 g/mol. The summed E-state index contributed by atoms with van der Waals surface area (Å²) in [6.07, 6.45) is 0. The topological polar surface area (TPSA) is 58.2 Å². The van der Waals surface area contributed by atoms with Gasteiger partial charge in [-0.2, -0.15) is 0 Å². The fraction of sp³-hybridized carbons (Fsp3) is 0.182.